The van der Waals surface area contributed by atoms with Crippen LogP contribution in [0.3, 0.4) is 0 Å². The topological polar surface area (TPSA) is 83.8 Å². The minimum atomic E-state index is -0.689. The van der Waals surface area contributed by atoms with Crippen LogP contribution in [0, 0.1) is 11.6 Å². The van der Waals surface area contributed by atoms with Crippen molar-refractivity contribution in [3.8, 4) is 11.3 Å². The number of piperazine rings is 1. The molecular weight excluding hydrogens is 493 g/mol. The summed E-state index contributed by atoms with van der Waals surface area (Å²) in [5.74, 6) is 0.0156. The maximum Gasteiger partial charge on any atom is 0.229 e. The average molecular weight is 521 g/mol. The van der Waals surface area contributed by atoms with Gasteiger partial charge in [0.25, 0.3) is 0 Å². The summed E-state index contributed by atoms with van der Waals surface area (Å²) in [6, 6.07) is 7.45. The van der Waals surface area contributed by atoms with E-state index in [0.717, 1.165) is 31.4 Å². The molecule has 2 fully saturated rings. The average Bonchev–Trinajstić information content (AvgIpc) is 3.60. The Balaban J connectivity index is 1.12. The number of aryl methyl sites for hydroxylation is 1. The monoisotopic (exact) mass is 520 g/mol. The molecule has 6 heterocycles. The van der Waals surface area contributed by atoms with Crippen LogP contribution in [0.4, 0.5) is 24.9 Å². The Morgan fingerprint density at radius 1 is 0.974 bits per heavy atom. The highest BCUT2D eigenvalue weighted by Gasteiger charge is 2.32. The summed E-state index contributed by atoms with van der Waals surface area (Å²) in [4.78, 5) is 19.7. The predicted octanol–water partition coefficient (Wildman–Crippen LogP) is 4.30. The third kappa shape index (κ3) is 4.19. The molecule has 7 rings (SSSR count). The van der Waals surface area contributed by atoms with Crippen molar-refractivity contribution in [3.63, 3.8) is 0 Å². The minimum absolute atomic E-state index is 0.0568. The predicted molar refractivity (Wildman–Crippen MR) is 137 cm³/mol. The molecule has 0 amide bonds. The molecule has 0 radical (unpaired) electrons. The molecule has 0 spiro atoms. The molecule has 11 heteroatoms. The molecule has 1 aromatic carbocycles. The number of fused-ring (bicyclic) bond motifs is 5. The summed E-state index contributed by atoms with van der Waals surface area (Å²) >= 11 is 0. The van der Waals surface area contributed by atoms with Crippen molar-refractivity contribution in [3.05, 3.63) is 59.7 Å². The fourth-order valence-corrected chi connectivity index (χ4v) is 6.10. The van der Waals surface area contributed by atoms with E-state index in [9.17, 15) is 13.2 Å². The molecule has 3 atom stereocenters. The van der Waals surface area contributed by atoms with Crippen molar-refractivity contribution < 1.29 is 13.2 Å². The summed E-state index contributed by atoms with van der Waals surface area (Å²) in [5.41, 5.74) is 1.89. The van der Waals surface area contributed by atoms with Gasteiger partial charge in [0.15, 0.2) is 11.6 Å². The fraction of sp³-hybridized carbons (Fsp3) is 0.407. The van der Waals surface area contributed by atoms with Gasteiger partial charge in [-0.05, 0) is 43.0 Å². The molecule has 3 aromatic heterocycles. The van der Waals surface area contributed by atoms with Gasteiger partial charge in [-0.3, -0.25) is 4.90 Å². The number of nitrogens with one attached hydrogen (secondary N) is 2. The third-order valence-electron chi connectivity index (χ3n) is 7.85. The first-order chi connectivity index (χ1) is 18.5. The van der Waals surface area contributed by atoms with E-state index in [1.54, 1.807) is 10.6 Å². The van der Waals surface area contributed by atoms with Crippen LogP contribution in [0.25, 0.3) is 22.3 Å². The third-order valence-corrected chi connectivity index (χ3v) is 7.85. The van der Waals surface area contributed by atoms with E-state index in [0.29, 0.717) is 42.1 Å². The normalized spacial score (nSPS) is 22.8. The van der Waals surface area contributed by atoms with E-state index in [1.165, 1.54) is 18.9 Å². The molecule has 38 heavy (non-hydrogen) atoms. The Morgan fingerprint density at radius 3 is 2.58 bits per heavy atom. The zero-order chi connectivity index (χ0) is 25.8. The number of hydrogen-bond acceptors (Lipinski definition) is 7. The van der Waals surface area contributed by atoms with Crippen molar-refractivity contribution in [2.45, 2.75) is 50.4 Å². The van der Waals surface area contributed by atoms with Gasteiger partial charge in [-0.25, -0.2) is 33.1 Å². The number of likely N-dealkylation sites (tertiary alicyclic amines) is 1. The molecule has 0 saturated carbocycles. The van der Waals surface area contributed by atoms with Crippen LogP contribution in [-0.2, 0) is 13.0 Å². The van der Waals surface area contributed by atoms with Gasteiger partial charge in [0, 0.05) is 49.9 Å². The smallest absolute Gasteiger partial charge is 0.229 e. The molecule has 3 aliphatic rings. The summed E-state index contributed by atoms with van der Waals surface area (Å²) in [5, 5.41) is 6.66. The first-order valence-corrected chi connectivity index (χ1v) is 13.0. The second-order valence-corrected chi connectivity index (χ2v) is 10.5. The maximum atomic E-state index is 15.0. The van der Waals surface area contributed by atoms with Crippen molar-refractivity contribution in [2.24, 2.45) is 0 Å². The SMILES string of the molecule is FCC1CCc2nc3c(F)cc(-c4nc(Nc5ccc(CN6CC7CCC(C6)N7)cn5)ncc4F)cc3n21. The number of alkyl halides is 1. The zero-order valence-electron chi connectivity index (χ0n) is 20.7. The van der Waals surface area contributed by atoms with Crippen LogP contribution in [0.2, 0.25) is 0 Å². The number of benzene rings is 1. The lowest BCUT2D eigenvalue weighted by Crippen LogP contribution is -2.50. The number of imidazole rings is 1. The van der Waals surface area contributed by atoms with E-state index < -0.39 is 24.4 Å². The van der Waals surface area contributed by atoms with Crippen molar-refractivity contribution in [1.29, 1.82) is 0 Å². The lowest BCUT2D eigenvalue weighted by Gasteiger charge is -2.32. The van der Waals surface area contributed by atoms with Crippen LogP contribution in [0.1, 0.15) is 36.7 Å². The molecule has 8 nitrogen and oxygen atoms in total. The summed E-state index contributed by atoms with van der Waals surface area (Å²) in [6.45, 7) is 2.37. The number of rotatable bonds is 6. The quantitative estimate of drug-likeness (QED) is 0.392. The van der Waals surface area contributed by atoms with Gasteiger partial charge in [-0.1, -0.05) is 6.07 Å². The van der Waals surface area contributed by atoms with Crippen LogP contribution in [0.5, 0.6) is 0 Å². The Labute approximate surface area is 217 Å². The molecule has 2 saturated heterocycles. The number of anilines is 2. The Bertz CT molecular complexity index is 1490. The highest BCUT2D eigenvalue weighted by molar-refractivity contribution is 5.83. The van der Waals surface area contributed by atoms with E-state index in [1.807, 2.05) is 18.3 Å². The van der Waals surface area contributed by atoms with Gasteiger partial charge < -0.3 is 15.2 Å². The number of pyridine rings is 1. The second-order valence-electron chi connectivity index (χ2n) is 10.5. The van der Waals surface area contributed by atoms with E-state index in [-0.39, 0.29) is 22.7 Å². The number of halogens is 3. The highest BCUT2D eigenvalue weighted by atomic mass is 19.1. The van der Waals surface area contributed by atoms with Gasteiger partial charge in [0.05, 0.1) is 17.8 Å². The fourth-order valence-electron chi connectivity index (χ4n) is 6.10. The van der Waals surface area contributed by atoms with E-state index >= 15 is 0 Å². The Kier molecular flexibility index (Phi) is 5.77. The van der Waals surface area contributed by atoms with Crippen LogP contribution in [0.15, 0.2) is 36.7 Å². The van der Waals surface area contributed by atoms with Crippen molar-refractivity contribution in [1.82, 2.24) is 34.7 Å². The zero-order valence-corrected chi connectivity index (χ0v) is 20.7. The minimum Gasteiger partial charge on any atom is -0.322 e. The summed E-state index contributed by atoms with van der Waals surface area (Å²) < 4.78 is 45.1. The number of hydrogen-bond donors (Lipinski definition) is 2. The molecule has 0 aliphatic carbocycles. The summed E-state index contributed by atoms with van der Waals surface area (Å²) in [6.07, 6.45) is 6.54. The first kappa shape index (κ1) is 23.5. The molecule has 2 N–H and O–H groups in total. The highest BCUT2D eigenvalue weighted by Crippen LogP contribution is 2.35. The molecular formula is C27H27F3N8. The van der Waals surface area contributed by atoms with Gasteiger partial charge >= 0.3 is 0 Å². The first-order valence-electron chi connectivity index (χ1n) is 13.0. The molecule has 2 bridgehead atoms. The van der Waals surface area contributed by atoms with Gasteiger partial charge in [0.2, 0.25) is 5.95 Å². The largest absolute Gasteiger partial charge is 0.322 e. The molecule has 3 aliphatic heterocycles. The number of aromatic nitrogens is 5. The summed E-state index contributed by atoms with van der Waals surface area (Å²) in [7, 11) is 0. The van der Waals surface area contributed by atoms with Crippen LogP contribution < -0.4 is 10.6 Å². The second kappa shape index (κ2) is 9.32. The van der Waals surface area contributed by atoms with Gasteiger partial charge in [0.1, 0.15) is 29.5 Å². The van der Waals surface area contributed by atoms with Gasteiger partial charge in [-0.15, -0.1) is 0 Å². The molecule has 3 unspecified atom stereocenters. The number of nitrogens with zero attached hydrogens (tertiary/aromatic N) is 6. The van der Waals surface area contributed by atoms with Crippen molar-refractivity contribution in [2.75, 3.05) is 25.1 Å². The van der Waals surface area contributed by atoms with Crippen LogP contribution in [-0.4, -0.2) is 61.3 Å². The van der Waals surface area contributed by atoms with Crippen molar-refractivity contribution >= 4 is 22.8 Å². The standard InChI is InChI=1S/C27H27F3N8/c28-9-19-4-6-24-35-26-20(29)7-16(8-22(26)38(19)24)25-21(30)11-32-27(36-25)34-23-5-1-15(10-31-23)12-37-13-17-2-3-18(14-37)33-17/h1,5,7-8,10-11,17-19,33H,2-4,6,9,12-14H2,(H,31,32,34,36). The van der Waals surface area contributed by atoms with Gasteiger partial charge in [-0.2, -0.15) is 0 Å². The van der Waals surface area contributed by atoms with E-state index in [2.05, 4.69) is 35.5 Å². The molecule has 4 aromatic rings. The lowest BCUT2D eigenvalue weighted by atomic mass is 10.1. The van der Waals surface area contributed by atoms with E-state index in [4.69, 9.17) is 0 Å². The Hall–Kier alpha value is -3.57. The Morgan fingerprint density at radius 2 is 1.82 bits per heavy atom. The lowest BCUT2D eigenvalue weighted by molar-refractivity contribution is 0.188. The van der Waals surface area contributed by atoms with Crippen LogP contribution >= 0.6 is 0 Å². The maximum absolute atomic E-state index is 15.0. The molecule has 196 valence electrons.